The number of phenols is 5. The van der Waals surface area contributed by atoms with E-state index in [0.29, 0.717) is 5.69 Å². The first-order chi connectivity index (χ1) is 34.8. The molecule has 2 unspecified atom stereocenters. The first-order valence-corrected chi connectivity index (χ1v) is 23.4. The summed E-state index contributed by atoms with van der Waals surface area (Å²) in [5, 5.41) is 58.2. The van der Waals surface area contributed by atoms with Crippen molar-refractivity contribution in [2.45, 2.75) is 12.0 Å². The Kier molecular flexibility index (Phi) is 10.2. The highest BCUT2D eigenvalue weighted by atomic mass is 16.4. The number of hydrogen-bond acceptors (Lipinski definition) is 7. The number of aromatic hydroxyl groups is 5. The Labute approximate surface area is 409 Å². The first kappa shape index (κ1) is 42.7. The van der Waals surface area contributed by atoms with Gasteiger partial charge in [0, 0.05) is 61.6 Å². The molecule has 0 fully saturated rings. The molecule has 0 amide bonds. The van der Waals surface area contributed by atoms with E-state index in [2.05, 4.69) is 203 Å². The Bertz CT molecular complexity index is 3920. The standard InChI is InChI=1S/C60H42N4O5.C2H4/c65-56-55(57(66)59(68)60(69)58(56)67)64-51-22-12-7-17-43(51)46-30-23-37(34-54(46)64)36-24-31-52-47(33-36)44-18-8-10-20-49(44)63(52)41-27-25-40(26-28-41)61(38-13-3-1-4-14-38)42-29-32-53-48(35-42)45-19-9-11-21-50(45)62(53)39-15-5-2-6-16-39;1-2/h1-35,43,51,65-69H;1-2H2. The summed E-state index contributed by atoms with van der Waals surface area (Å²) >= 11 is 0. The Balaban J connectivity index is 0.00000256. The van der Waals surface area contributed by atoms with Crippen LogP contribution in [0.15, 0.2) is 226 Å². The molecule has 13 rings (SSSR count). The van der Waals surface area contributed by atoms with Crippen LogP contribution in [0.3, 0.4) is 0 Å². The third kappa shape index (κ3) is 6.62. The van der Waals surface area contributed by atoms with Crippen LogP contribution in [0.1, 0.15) is 11.5 Å². The van der Waals surface area contributed by atoms with Crippen LogP contribution in [-0.2, 0) is 0 Å². The molecule has 2 atom stereocenters. The largest absolute Gasteiger partial charge is 0.503 e. The number of benzene rings is 9. The van der Waals surface area contributed by atoms with Crippen LogP contribution >= 0.6 is 0 Å². The smallest absolute Gasteiger partial charge is 0.208 e. The Morgan fingerprint density at radius 2 is 0.873 bits per heavy atom. The number of para-hydroxylation sites is 4. The molecule has 1 aliphatic carbocycles. The van der Waals surface area contributed by atoms with Gasteiger partial charge in [0.25, 0.3) is 0 Å². The molecule has 1 aliphatic heterocycles. The van der Waals surface area contributed by atoms with Gasteiger partial charge in [-0.3, -0.25) is 0 Å². The van der Waals surface area contributed by atoms with E-state index in [4.69, 9.17) is 0 Å². The van der Waals surface area contributed by atoms with Crippen molar-refractivity contribution in [1.82, 2.24) is 9.13 Å². The average molecular weight is 927 g/mol. The van der Waals surface area contributed by atoms with Crippen molar-refractivity contribution in [3.8, 4) is 51.2 Å². The van der Waals surface area contributed by atoms with Gasteiger partial charge in [-0.2, -0.15) is 0 Å². The third-order valence-corrected chi connectivity index (χ3v) is 14.0. The molecule has 2 aliphatic rings. The van der Waals surface area contributed by atoms with E-state index in [1.165, 1.54) is 10.8 Å². The second kappa shape index (κ2) is 16.9. The Morgan fingerprint density at radius 1 is 0.394 bits per heavy atom. The molecular weight excluding hydrogens is 881 g/mol. The maximum atomic E-state index is 11.1. The topological polar surface area (TPSA) is 117 Å². The normalized spacial score (nSPS) is 14.7. The maximum Gasteiger partial charge on any atom is 0.208 e. The summed E-state index contributed by atoms with van der Waals surface area (Å²) in [6.45, 7) is 6.00. The number of hydrogen-bond donors (Lipinski definition) is 5. The SMILES string of the molecule is C=C.Oc1c(O)c(O)c(N2c3cc(-c4ccc5c(c4)c4ccccc4n5-c4ccc(N(c5ccccc5)c5ccc6c(c5)c5ccccc5n6-c5ccccc5)cc4)ccc3C3C=CC=CC32)c(O)c1O. The van der Waals surface area contributed by atoms with Crippen molar-refractivity contribution in [2.24, 2.45) is 0 Å². The second-order valence-corrected chi connectivity index (χ2v) is 17.7. The van der Waals surface area contributed by atoms with Gasteiger partial charge in [0.05, 0.1) is 28.1 Å². The molecule has 0 saturated carbocycles. The minimum atomic E-state index is -0.993. The highest BCUT2D eigenvalue weighted by molar-refractivity contribution is 6.12. The van der Waals surface area contributed by atoms with Crippen LogP contribution in [0.5, 0.6) is 28.7 Å². The molecule has 2 aromatic heterocycles. The summed E-state index contributed by atoms with van der Waals surface area (Å²) in [5.41, 5.74) is 13.0. The van der Waals surface area contributed by atoms with Gasteiger partial charge in [-0.15, -0.1) is 13.2 Å². The summed E-state index contributed by atoms with van der Waals surface area (Å²) < 4.78 is 4.64. The predicted octanol–water partition coefficient (Wildman–Crippen LogP) is 15.1. The molecule has 0 saturated heterocycles. The molecule has 71 heavy (non-hydrogen) atoms. The van der Waals surface area contributed by atoms with E-state index in [-0.39, 0.29) is 17.6 Å². The summed E-state index contributed by atoms with van der Waals surface area (Å²) in [4.78, 5) is 4.02. The zero-order chi connectivity index (χ0) is 48.5. The van der Waals surface area contributed by atoms with E-state index in [1.807, 2.05) is 36.4 Å². The molecule has 9 nitrogen and oxygen atoms in total. The molecule has 9 aromatic carbocycles. The van der Waals surface area contributed by atoms with Gasteiger partial charge in [-0.25, -0.2) is 0 Å². The van der Waals surface area contributed by atoms with Gasteiger partial charge < -0.3 is 44.5 Å². The van der Waals surface area contributed by atoms with Gasteiger partial charge in [-0.1, -0.05) is 115 Å². The fraction of sp³-hybridized carbons (Fsp3) is 0.0323. The van der Waals surface area contributed by atoms with E-state index in [9.17, 15) is 25.5 Å². The summed E-state index contributed by atoms with van der Waals surface area (Å²) in [6, 6.07) is 65.7. The second-order valence-electron chi connectivity index (χ2n) is 17.7. The van der Waals surface area contributed by atoms with E-state index < -0.39 is 28.7 Å². The number of fused-ring (bicyclic) bond motifs is 9. The van der Waals surface area contributed by atoms with E-state index >= 15 is 0 Å². The van der Waals surface area contributed by atoms with Crippen LogP contribution in [0.25, 0.3) is 66.1 Å². The highest BCUT2D eigenvalue weighted by Gasteiger charge is 2.41. The first-order valence-electron chi connectivity index (χ1n) is 23.4. The predicted molar refractivity (Wildman–Crippen MR) is 288 cm³/mol. The lowest BCUT2D eigenvalue weighted by Crippen LogP contribution is -2.28. The highest BCUT2D eigenvalue weighted by Crippen LogP contribution is 2.60. The molecule has 5 N–H and O–H groups in total. The van der Waals surface area contributed by atoms with Crippen LogP contribution in [0, 0.1) is 0 Å². The summed E-state index contributed by atoms with van der Waals surface area (Å²) in [7, 11) is 0. The number of aromatic nitrogens is 2. The fourth-order valence-electron chi connectivity index (χ4n) is 10.8. The van der Waals surface area contributed by atoms with Gasteiger partial charge in [0.1, 0.15) is 5.69 Å². The van der Waals surface area contributed by atoms with Crippen LogP contribution in [-0.4, -0.2) is 40.7 Å². The molecular formula is C62H46N4O5. The number of anilines is 5. The van der Waals surface area contributed by atoms with Gasteiger partial charge in [0.2, 0.25) is 17.2 Å². The third-order valence-electron chi connectivity index (χ3n) is 14.0. The van der Waals surface area contributed by atoms with Crippen molar-refractivity contribution < 1.29 is 25.5 Å². The molecule has 9 heteroatoms. The number of nitrogens with zero attached hydrogens (tertiary/aromatic N) is 4. The van der Waals surface area contributed by atoms with Crippen LogP contribution in [0.4, 0.5) is 28.4 Å². The molecule has 0 radical (unpaired) electrons. The Morgan fingerprint density at radius 3 is 1.54 bits per heavy atom. The minimum Gasteiger partial charge on any atom is -0.503 e. The van der Waals surface area contributed by atoms with Gasteiger partial charge in [-0.05, 0) is 114 Å². The number of allylic oxidation sites excluding steroid dienone is 2. The van der Waals surface area contributed by atoms with Gasteiger partial charge >= 0.3 is 0 Å². The molecule has 344 valence electrons. The molecule has 11 aromatic rings. The van der Waals surface area contributed by atoms with Crippen molar-refractivity contribution in [3.63, 3.8) is 0 Å². The van der Waals surface area contributed by atoms with Crippen molar-refractivity contribution >= 4 is 72.0 Å². The van der Waals surface area contributed by atoms with Crippen molar-refractivity contribution in [3.05, 3.63) is 231 Å². The zero-order valence-corrected chi connectivity index (χ0v) is 38.3. The quantitative estimate of drug-likeness (QED) is 0.0614. The van der Waals surface area contributed by atoms with Gasteiger partial charge in [0.15, 0.2) is 11.5 Å². The lowest BCUT2D eigenvalue weighted by Gasteiger charge is -2.30. The maximum absolute atomic E-state index is 11.1. The molecule has 3 heterocycles. The lowest BCUT2D eigenvalue weighted by molar-refractivity contribution is 0.329. The summed E-state index contributed by atoms with van der Waals surface area (Å²) in [6.07, 6.45) is 7.84. The Hall–Kier alpha value is -9.60. The van der Waals surface area contributed by atoms with Crippen LogP contribution < -0.4 is 9.80 Å². The molecule has 0 spiro atoms. The van der Waals surface area contributed by atoms with E-state index in [1.54, 1.807) is 4.90 Å². The number of phenolic OH excluding ortho intramolecular Hbond substituents is 5. The van der Waals surface area contributed by atoms with Crippen molar-refractivity contribution in [1.29, 1.82) is 0 Å². The van der Waals surface area contributed by atoms with Crippen molar-refractivity contribution in [2.75, 3.05) is 9.80 Å². The average Bonchev–Trinajstić information content (AvgIpc) is 4.06. The lowest BCUT2D eigenvalue weighted by atomic mass is 9.90. The summed E-state index contributed by atoms with van der Waals surface area (Å²) in [5.74, 6) is -4.43. The number of rotatable bonds is 7. The zero-order valence-electron chi connectivity index (χ0n) is 38.3. The van der Waals surface area contributed by atoms with Crippen LogP contribution in [0.2, 0.25) is 0 Å². The fourth-order valence-corrected chi connectivity index (χ4v) is 10.8. The van der Waals surface area contributed by atoms with E-state index in [0.717, 1.165) is 78.0 Å². The minimum absolute atomic E-state index is 0.139. The monoisotopic (exact) mass is 926 g/mol. The molecule has 0 bridgehead atoms.